The van der Waals surface area contributed by atoms with Crippen LogP contribution in [0.5, 0.6) is 0 Å². The second kappa shape index (κ2) is 11.6. The summed E-state index contributed by atoms with van der Waals surface area (Å²) in [6, 6.07) is 8.53. The molecule has 0 aliphatic carbocycles. The van der Waals surface area contributed by atoms with E-state index in [1.807, 2.05) is 18.2 Å². The van der Waals surface area contributed by atoms with E-state index in [0.717, 1.165) is 55.3 Å². The lowest BCUT2D eigenvalue weighted by Crippen LogP contribution is -2.42. The average molecular weight is 373 g/mol. The number of rotatable bonds is 11. The Hall–Kier alpha value is -2.08. The Morgan fingerprint density at radius 3 is 2.70 bits per heavy atom. The summed E-state index contributed by atoms with van der Waals surface area (Å²) in [5.41, 5.74) is 2.10. The maximum atomic E-state index is 4.72. The Labute approximate surface area is 163 Å². The molecule has 150 valence electrons. The van der Waals surface area contributed by atoms with Gasteiger partial charge >= 0.3 is 0 Å². The molecule has 6 nitrogen and oxygen atoms in total. The minimum Gasteiger partial charge on any atom is -0.357 e. The molecule has 2 aromatic rings. The van der Waals surface area contributed by atoms with Crippen molar-refractivity contribution in [2.24, 2.45) is 4.99 Å². The van der Waals surface area contributed by atoms with Gasteiger partial charge in [0.05, 0.1) is 11.0 Å². The van der Waals surface area contributed by atoms with Gasteiger partial charge in [-0.15, -0.1) is 0 Å². The molecule has 0 saturated carbocycles. The van der Waals surface area contributed by atoms with E-state index in [-0.39, 0.29) is 0 Å². The first-order valence-electron chi connectivity index (χ1n) is 10.4. The Morgan fingerprint density at radius 1 is 1.22 bits per heavy atom. The SMILES string of the molecule is CCNC(=NCCc1nc2ccccc2[nH]1)NC(C)CCCN(CC)CC. The standard InChI is InChI=1S/C21H36N6/c1-5-22-21(24-17(4)11-10-16-27(6-2)7-3)23-15-14-20-25-18-12-8-9-13-19(18)26-20/h8-9,12-13,17H,5-7,10-11,14-16H2,1-4H3,(H,25,26)(H2,22,23,24). The topological polar surface area (TPSA) is 68.3 Å². The van der Waals surface area contributed by atoms with Gasteiger partial charge < -0.3 is 20.5 Å². The van der Waals surface area contributed by atoms with E-state index >= 15 is 0 Å². The van der Waals surface area contributed by atoms with Crippen LogP contribution in [0.2, 0.25) is 0 Å². The van der Waals surface area contributed by atoms with Crippen LogP contribution in [-0.4, -0.2) is 59.6 Å². The molecule has 1 aromatic heterocycles. The number of aliphatic imine (C=N–C) groups is 1. The number of imidazole rings is 1. The van der Waals surface area contributed by atoms with Gasteiger partial charge in [0.2, 0.25) is 0 Å². The highest BCUT2D eigenvalue weighted by Crippen LogP contribution is 2.10. The second-order valence-electron chi connectivity index (χ2n) is 6.93. The molecule has 0 aliphatic heterocycles. The number of fused-ring (bicyclic) bond motifs is 1. The summed E-state index contributed by atoms with van der Waals surface area (Å²) in [5, 5.41) is 6.88. The number of aromatic amines is 1. The minimum absolute atomic E-state index is 0.407. The van der Waals surface area contributed by atoms with Crippen molar-refractivity contribution in [2.75, 3.05) is 32.7 Å². The maximum absolute atomic E-state index is 4.72. The van der Waals surface area contributed by atoms with Gasteiger partial charge in [0.25, 0.3) is 0 Å². The molecule has 0 aliphatic rings. The summed E-state index contributed by atoms with van der Waals surface area (Å²) in [4.78, 5) is 15.2. The molecule has 0 spiro atoms. The fourth-order valence-electron chi connectivity index (χ4n) is 3.18. The van der Waals surface area contributed by atoms with Crippen molar-refractivity contribution < 1.29 is 0 Å². The van der Waals surface area contributed by atoms with E-state index in [9.17, 15) is 0 Å². The molecule has 0 fully saturated rings. The summed E-state index contributed by atoms with van der Waals surface area (Å²) < 4.78 is 0. The maximum Gasteiger partial charge on any atom is 0.191 e. The third-order valence-corrected chi connectivity index (χ3v) is 4.79. The number of para-hydroxylation sites is 2. The average Bonchev–Trinajstić information content (AvgIpc) is 3.08. The number of guanidine groups is 1. The van der Waals surface area contributed by atoms with Crippen LogP contribution >= 0.6 is 0 Å². The van der Waals surface area contributed by atoms with Crippen LogP contribution in [0.4, 0.5) is 0 Å². The number of nitrogens with one attached hydrogen (secondary N) is 3. The molecule has 1 unspecified atom stereocenters. The van der Waals surface area contributed by atoms with Crippen molar-refractivity contribution in [1.82, 2.24) is 25.5 Å². The van der Waals surface area contributed by atoms with Gasteiger partial charge in [-0.2, -0.15) is 0 Å². The first kappa shape index (κ1) is 21.2. The summed E-state index contributed by atoms with van der Waals surface area (Å²) in [5.74, 6) is 1.88. The highest BCUT2D eigenvalue weighted by molar-refractivity contribution is 5.80. The van der Waals surface area contributed by atoms with E-state index < -0.39 is 0 Å². The molecule has 1 aromatic carbocycles. The van der Waals surface area contributed by atoms with Crippen LogP contribution in [0.25, 0.3) is 11.0 Å². The van der Waals surface area contributed by atoms with Gasteiger partial charge in [0.15, 0.2) is 5.96 Å². The Bertz CT molecular complexity index is 656. The van der Waals surface area contributed by atoms with E-state index in [0.29, 0.717) is 12.6 Å². The number of hydrogen-bond acceptors (Lipinski definition) is 3. The van der Waals surface area contributed by atoms with Gasteiger partial charge in [-0.3, -0.25) is 4.99 Å². The van der Waals surface area contributed by atoms with E-state index in [1.54, 1.807) is 0 Å². The largest absolute Gasteiger partial charge is 0.357 e. The van der Waals surface area contributed by atoms with Crippen LogP contribution in [-0.2, 0) is 6.42 Å². The Morgan fingerprint density at radius 2 is 2.00 bits per heavy atom. The van der Waals surface area contributed by atoms with Crippen molar-refractivity contribution >= 4 is 17.0 Å². The smallest absolute Gasteiger partial charge is 0.191 e. The lowest BCUT2D eigenvalue weighted by molar-refractivity contribution is 0.292. The van der Waals surface area contributed by atoms with Crippen LogP contribution in [0.3, 0.4) is 0 Å². The van der Waals surface area contributed by atoms with E-state index in [1.165, 1.54) is 13.0 Å². The first-order valence-corrected chi connectivity index (χ1v) is 10.4. The number of aromatic nitrogens is 2. The van der Waals surface area contributed by atoms with Crippen molar-refractivity contribution in [1.29, 1.82) is 0 Å². The van der Waals surface area contributed by atoms with Crippen LogP contribution in [0, 0.1) is 0 Å². The number of nitrogens with zero attached hydrogens (tertiary/aromatic N) is 3. The third kappa shape index (κ3) is 7.21. The molecule has 0 bridgehead atoms. The van der Waals surface area contributed by atoms with Crippen LogP contribution < -0.4 is 10.6 Å². The van der Waals surface area contributed by atoms with Crippen molar-refractivity contribution in [2.45, 2.75) is 53.0 Å². The summed E-state index contributed by atoms with van der Waals surface area (Å²) in [7, 11) is 0. The van der Waals surface area contributed by atoms with Gasteiger partial charge in [0.1, 0.15) is 5.82 Å². The van der Waals surface area contributed by atoms with Crippen molar-refractivity contribution in [3.63, 3.8) is 0 Å². The zero-order valence-corrected chi connectivity index (χ0v) is 17.4. The monoisotopic (exact) mass is 372 g/mol. The molecule has 0 radical (unpaired) electrons. The number of benzene rings is 1. The number of hydrogen-bond donors (Lipinski definition) is 3. The molecule has 0 saturated heterocycles. The molecule has 3 N–H and O–H groups in total. The lowest BCUT2D eigenvalue weighted by atomic mass is 10.2. The van der Waals surface area contributed by atoms with E-state index in [4.69, 9.17) is 4.99 Å². The molecule has 1 atom stereocenters. The summed E-state index contributed by atoms with van der Waals surface area (Å²) in [6.07, 6.45) is 3.15. The fourth-order valence-corrected chi connectivity index (χ4v) is 3.18. The molecule has 27 heavy (non-hydrogen) atoms. The zero-order chi connectivity index (χ0) is 19.5. The molecule has 1 heterocycles. The molecule has 0 amide bonds. The van der Waals surface area contributed by atoms with Gasteiger partial charge in [-0.1, -0.05) is 26.0 Å². The first-order chi connectivity index (χ1) is 13.2. The van der Waals surface area contributed by atoms with Crippen LogP contribution in [0.1, 0.15) is 46.4 Å². The second-order valence-corrected chi connectivity index (χ2v) is 6.93. The molecular weight excluding hydrogens is 336 g/mol. The highest BCUT2D eigenvalue weighted by atomic mass is 15.2. The normalized spacial score (nSPS) is 13.3. The van der Waals surface area contributed by atoms with E-state index in [2.05, 4.69) is 59.3 Å². The Kier molecular flexibility index (Phi) is 9.11. The van der Waals surface area contributed by atoms with Crippen molar-refractivity contribution in [3.05, 3.63) is 30.1 Å². The fraction of sp³-hybridized carbons (Fsp3) is 0.619. The predicted molar refractivity (Wildman–Crippen MR) is 115 cm³/mol. The molecule has 2 rings (SSSR count). The van der Waals surface area contributed by atoms with Gasteiger partial charge in [-0.05, 0) is 58.5 Å². The quantitative estimate of drug-likeness (QED) is 0.419. The van der Waals surface area contributed by atoms with Crippen molar-refractivity contribution in [3.8, 4) is 0 Å². The van der Waals surface area contributed by atoms with Gasteiger partial charge in [0, 0.05) is 25.6 Å². The molecular formula is C21H36N6. The predicted octanol–water partition coefficient (Wildman–Crippen LogP) is 3.17. The zero-order valence-electron chi connectivity index (χ0n) is 17.4. The lowest BCUT2D eigenvalue weighted by Gasteiger charge is -2.21. The summed E-state index contributed by atoms with van der Waals surface area (Å²) in [6.45, 7) is 13.8. The number of H-pyrrole nitrogens is 1. The Balaban J connectivity index is 1.80. The molecule has 6 heteroatoms. The highest BCUT2D eigenvalue weighted by Gasteiger charge is 2.07. The summed E-state index contributed by atoms with van der Waals surface area (Å²) >= 11 is 0. The van der Waals surface area contributed by atoms with Gasteiger partial charge in [-0.25, -0.2) is 4.98 Å². The van der Waals surface area contributed by atoms with Crippen LogP contribution in [0.15, 0.2) is 29.3 Å². The minimum atomic E-state index is 0.407. The third-order valence-electron chi connectivity index (χ3n) is 4.79.